The van der Waals surface area contributed by atoms with E-state index in [-0.39, 0.29) is 0 Å². The fourth-order valence-electron chi connectivity index (χ4n) is 2.84. The molecule has 124 valence electrons. The molecule has 2 aromatic rings. The Kier molecular flexibility index (Phi) is 4.49. The van der Waals surface area contributed by atoms with Gasteiger partial charge in [0.15, 0.2) is 11.5 Å². The first kappa shape index (κ1) is 15.8. The molecule has 23 heavy (non-hydrogen) atoms. The van der Waals surface area contributed by atoms with E-state index in [1.165, 1.54) is 0 Å². The molecule has 0 radical (unpaired) electrons. The molecular weight excluding hydrogens is 298 g/mol. The first-order valence-electron chi connectivity index (χ1n) is 7.55. The summed E-state index contributed by atoms with van der Waals surface area (Å²) >= 11 is 0. The topological polar surface area (TPSA) is 78.6 Å². The van der Waals surface area contributed by atoms with Crippen molar-refractivity contribution < 1.29 is 18.7 Å². The van der Waals surface area contributed by atoms with Crippen molar-refractivity contribution in [1.29, 1.82) is 0 Å². The zero-order valence-electron chi connectivity index (χ0n) is 13.6. The van der Waals surface area contributed by atoms with Crippen molar-refractivity contribution in [2.45, 2.75) is 18.4 Å². The fourth-order valence-corrected chi connectivity index (χ4v) is 2.84. The summed E-state index contributed by atoms with van der Waals surface area (Å²) in [7, 11) is 4.88. The lowest BCUT2D eigenvalue weighted by Gasteiger charge is -2.32. The molecule has 0 amide bonds. The Hall–Kier alpha value is -2.12. The lowest BCUT2D eigenvalue weighted by molar-refractivity contribution is -0.0622. The van der Waals surface area contributed by atoms with Crippen LogP contribution in [0.2, 0.25) is 0 Å². The Morgan fingerprint density at radius 2 is 1.83 bits per heavy atom. The maximum atomic E-state index is 5.71. The summed E-state index contributed by atoms with van der Waals surface area (Å²) in [5.41, 5.74) is 0.297. The van der Waals surface area contributed by atoms with Crippen molar-refractivity contribution in [2.75, 3.05) is 34.4 Å². The molecule has 0 unspecified atom stereocenters. The van der Waals surface area contributed by atoms with Gasteiger partial charge in [0.25, 0.3) is 5.89 Å². The molecule has 7 heteroatoms. The van der Waals surface area contributed by atoms with Crippen LogP contribution in [-0.4, -0.2) is 44.6 Å². The molecular formula is C16H21N3O4. The normalized spacial score (nSPS) is 17.0. The second kappa shape index (κ2) is 6.55. The van der Waals surface area contributed by atoms with Crippen molar-refractivity contribution in [1.82, 2.24) is 15.5 Å². The highest BCUT2D eigenvalue weighted by atomic mass is 16.5. The summed E-state index contributed by atoms with van der Waals surface area (Å²) in [6.07, 6.45) is 1.61. The number of rotatable bonds is 5. The van der Waals surface area contributed by atoms with Gasteiger partial charge in [0, 0.05) is 12.7 Å². The van der Waals surface area contributed by atoms with Crippen LogP contribution in [0.4, 0.5) is 0 Å². The first-order valence-corrected chi connectivity index (χ1v) is 7.55. The van der Waals surface area contributed by atoms with E-state index in [2.05, 4.69) is 15.5 Å². The number of methoxy groups -OCH3 is 3. The van der Waals surface area contributed by atoms with Gasteiger partial charge in [0.1, 0.15) is 5.60 Å². The number of hydrogen-bond donors (Lipinski definition) is 1. The molecule has 0 spiro atoms. The van der Waals surface area contributed by atoms with Crippen molar-refractivity contribution in [3.8, 4) is 22.9 Å². The van der Waals surface area contributed by atoms with Gasteiger partial charge < -0.3 is 24.1 Å². The van der Waals surface area contributed by atoms with Gasteiger partial charge in [-0.2, -0.15) is 4.98 Å². The van der Waals surface area contributed by atoms with E-state index >= 15 is 0 Å². The molecule has 0 atom stereocenters. The molecule has 7 nitrogen and oxygen atoms in total. The van der Waals surface area contributed by atoms with Crippen LogP contribution < -0.4 is 14.8 Å². The number of nitrogens with zero attached hydrogens (tertiary/aromatic N) is 2. The van der Waals surface area contributed by atoms with Crippen LogP contribution in [0, 0.1) is 0 Å². The largest absolute Gasteiger partial charge is 0.493 e. The highest BCUT2D eigenvalue weighted by Crippen LogP contribution is 2.35. The summed E-state index contributed by atoms with van der Waals surface area (Å²) in [5, 5.41) is 7.41. The second-order valence-electron chi connectivity index (χ2n) is 5.44. The summed E-state index contributed by atoms with van der Waals surface area (Å²) in [5.74, 6) is 2.31. The van der Waals surface area contributed by atoms with E-state index in [1.807, 2.05) is 18.2 Å². The summed E-state index contributed by atoms with van der Waals surface area (Å²) in [4.78, 5) is 4.55. The van der Waals surface area contributed by atoms with Gasteiger partial charge in [0.05, 0.1) is 14.2 Å². The number of nitrogens with one attached hydrogen (secondary N) is 1. The SMILES string of the molecule is COc1ccc(-c2noc(C3(OC)CCNCC3)n2)cc1OC. The van der Waals surface area contributed by atoms with Crippen molar-refractivity contribution >= 4 is 0 Å². The molecule has 3 rings (SSSR count). The van der Waals surface area contributed by atoms with Gasteiger partial charge in [-0.3, -0.25) is 0 Å². The number of ether oxygens (including phenoxy) is 3. The van der Waals surface area contributed by atoms with E-state index in [0.29, 0.717) is 23.2 Å². The standard InChI is InChI=1S/C16H21N3O4/c1-20-12-5-4-11(10-13(12)21-2)14-18-15(23-19-14)16(22-3)6-8-17-9-7-16/h4-5,10,17H,6-9H2,1-3H3. The molecule has 0 aliphatic carbocycles. The predicted octanol–water partition coefficient (Wildman–Crippen LogP) is 1.98. The van der Waals surface area contributed by atoms with Gasteiger partial charge in [-0.25, -0.2) is 0 Å². The highest BCUT2D eigenvalue weighted by Gasteiger charge is 2.39. The van der Waals surface area contributed by atoms with Crippen molar-refractivity contribution in [3.05, 3.63) is 24.1 Å². The number of piperidine rings is 1. The molecule has 0 saturated carbocycles. The zero-order valence-corrected chi connectivity index (χ0v) is 13.6. The van der Waals surface area contributed by atoms with Crippen LogP contribution in [0.5, 0.6) is 11.5 Å². The summed E-state index contributed by atoms with van der Waals surface area (Å²) in [6, 6.07) is 5.52. The molecule has 0 bridgehead atoms. The van der Waals surface area contributed by atoms with Gasteiger partial charge in [-0.1, -0.05) is 5.16 Å². The van der Waals surface area contributed by atoms with E-state index < -0.39 is 5.60 Å². The second-order valence-corrected chi connectivity index (χ2v) is 5.44. The number of aromatic nitrogens is 2. The van der Waals surface area contributed by atoms with Crippen LogP contribution in [0.15, 0.2) is 22.7 Å². The molecule has 1 aliphatic heterocycles. The van der Waals surface area contributed by atoms with Crippen molar-refractivity contribution in [3.63, 3.8) is 0 Å². The first-order chi connectivity index (χ1) is 11.2. The molecule has 1 aromatic heterocycles. The third kappa shape index (κ3) is 2.89. The Bertz CT molecular complexity index is 665. The minimum atomic E-state index is -0.507. The van der Waals surface area contributed by atoms with E-state index in [9.17, 15) is 0 Å². The maximum Gasteiger partial charge on any atom is 0.259 e. The minimum Gasteiger partial charge on any atom is -0.493 e. The van der Waals surface area contributed by atoms with Gasteiger partial charge in [-0.15, -0.1) is 0 Å². The van der Waals surface area contributed by atoms with Gasteiger partial charge in [0.2, 0.25) is 5.82 Å². The third-order valence-electron chi connectivity index (χ3n) is 4.26. The van der Waals surface area contributed by atoms with Crippen LogP contribution in [0.3, 0.4) is 0 Å². The van der Waals surface area contributed by atoms with Crippen molar-refractivity contribution in [2.24, 2.45) is 0 Å². The van der Waals surface area contributed by atoms with E-state index in [1.54, 1.807) is 21.3 Å². The Morgan fingerprint density at radius 1 is 1.09 bits per heavy atom. The minimum absolute atomic E-state index is 0.507. The summed E-state index contributed by atoms with van der Waals surface area (Å²) < 4.78 is 21.8. The maximum absolute atomic E-state index is 5.71. The number of benzene rings is 1. The molecule has 1 N–H and O–H groups in total. The molecule has 1 saturated heterocycles. The predicted molar refractivity (Wildman–Crippen MR) is 83.6 cm³/mol. The van der Waals surface area contributed by atoms with Crippen LogP contribution in [-0.2, 0) is 10.3 Å². The Morgan fingerprint density at radius 3 is 2.48 bits per heavy atom. The van der Waals surface area contributed by atoms with Gasteiger partial charge in [-0.05, 0) is 44.1 Å². The lowest BCUT2D eigenvalue weighted by atomic mass is 9.92. The molecule has 1 fully saturated rings. The molecule has 1 aromatic carbocycles. The monoisotopic (exact) mass is 319 g/mol. The van der Waals surface area contributed by atoms with Crippen LogP contribution in [0.1, 0.15) is 18.7 Å². The molecule has 2 heterocycles. The average molecular weight is 319 g/mol. The summed E-state index contributed by atoms with van der Waals surface area (Å²) in [6.45, 7) is 1.73. The third-order valence-corrected chi connectivity index (χ3v) is 4.26. The van der Waals surface area contributed by atoms with Gasteiger partial charge >= 0.3 is 0 Å². The van der Waals surface area contributed by atoms with Crippen LogP contribution in [0.25, 0.3) is 11.4 Å². The Balaban J connectivity index is 1.92. The average Bonchev–Trinajstić information content (AvgIpc) is 3.12. The van der Waals surface area contributed by atoms with E-state index in [0.717, 1.165) is 31.5 Å². The zero-order chi connectivity index (χ0) is 16.3. The fraction of sp³-hybridized carbons (Fsp3) is 0.500. The quantitative estimate of drug-likeness (QED) is 0.902. The molecule has 1 aliphatic rings. The van der Waals surface area contributed by atoms with E-state index in [4.69, 9.17) is 18.7 Å². The number of hydrogen-bond acceptors (Lipinski definition) is 7. The smallest absolute Gasteiger partial charge is 0.259 e. The Labute approximate surface area is 134 Å². The highest BCUT2D eigenvalue weighted by molar-refractivity contribution is 5.60. The lowest BCUT2D eigenvalue weighted by Crippen LogP contribution is -2.41. The van der Waals surface area contributed by atoms with Crippen LogP contribution >= 0.6 is 0 Å².